The Labute approximate surface area is 167 Å². The molecule has 0 aliphatic carbocycles. The zero-order valence-corrected chi connectivity index (χ0v) is 16.8. The molecule has 26 heavy (non-hydrogen) atoms. The lowest BCUT2D eigenvalue weighted by molar-refractivity contribution is -0.132. The highest BCUT2D eigenvalue weighted by atomic mass is 35.5. The van der Waals surface area contributed by atoms with E-state index in [1.54, 1.807) is 12.1 Å². The van der Waals surface area contributed by atoms with E-state index in [1.165, 1.54) is 12.1 Å². The van der Waals surface area contributed by atoms with Crippen LogP contribution in [0.2, 0.25) is 0 Å². The number of piperazine rings is 2. The van der Waals surface area contributed by atoms with Crippen molar-refractivity contribution < 1.29 is 9.18 Å². The van der Waals surface area contributed by atoms with Gasteiger partial charge in [0.05, 0.1) is 0 Å². The third-order valence-corrected chi connectivity index (χ3v) is 5.08. The summed E-state index contributed by atoms with van der Waals surface area (Å²) < 4.78 is 13.0. The first kappa shape index (κ1) is 23.0. The second-order valence-corrected chi connectivity index (χ2v) is 6.68. The number of hydrogen-bond acceptors (Lipinski definition) is 4. The smallest absolute Gasteiger partial charge is 0.223 e. The Morgan fingerprint density at radius 2 is 1.77 bits per heavy atom. The highest BCUT2D eigenvalue weighted by Crippen LogP contribution is 2.17. The average molecular weight is 407 g/mol. The van der Waals surface area contributed by atoms with Crippen LogP contribution in [-0.2, 0) is 4.79 Å². The molecule has 5 nitrogen and oxygen atoms in total. The van der Waals surface area contributed by atoms with Crippen LogP contribution in [0.5, 0.6) is 0 Å². The molecule has 2 fully saturated rings. The van der Waals surface area contributed by atoms with Gasteiger partial charge in [-0.1, -0.05) is 0 Å². The van der Waals surface area contributed by atoms with E-state index in [4.69, 9.17) is 0 Å². The van der Waals surface area contributed by atoms with Crippen molar-refractivity contribution in [2.75, 3.05) is 57.3 Å². The zero-order chi connectivity index (χ0) is 16.9. The molecule has 8 heteroatoms. The molecule has 1 amide bonds. The van der Waals surface area contributed by atoms with Crippen molar-refractivity contribution in [1.29, 1.82) is 0 Å². The minimum absolute atomic E-state index is 0. The van der Waals surface area contributed by atoms with E-state index in [-0.39, 0.29) is 36.5 Å². The van der Waals surface area contributed by atoms with Gasteiger partial charge in [-0.15, -0.1) is 24.8 Å². The van der Waals surface area contributed by atoms with Crippen LogP contribution in [0, 0.1) is 5.82 Å². The summed E-state index contributed by atoms with van der Waals surface area (Å²) in [6.07, 6.45) is 0.598. The van der Waals surface area contributed by atoms with Gasteiger partial charge in [0, 0.05) is 70.5 Å². The van der Waals surface area contributed by atoms with Crippen LogP contribution in [0.4, 0.5) is 10.1 Å². The zero-order valence-electron chi connectivity index (χ0n) is 15.2. The minimum atomic E-state index is -0.213. The van der Waals surface area contributed by atoms with E-state index in [0.29, 0.717) is 12.5 Å². The van der Waals surface area contributed by atoms with Crippen LogP contribution >= 0.6 is 24.8 Å². The first-order valence-corrected chi connectivity index (χ1v) is 8.86. The van der Waals surface area contributed by atoms with Crippen LogP contribution in [0.1, 0.15) is 13.3 Å². The standard InChI is InChI=1S/C18H27FN4O.2ClH/c1-15-14-20-7-9-21(15)8-6-18(24)23-12-10-22(11-13-23)17-4-2-16(19)3-5-17;;/h2-5,15,20H,6-14H2,1H3;2*1H/t15-;;/m1../s1. The van der Waals surface area contributed by atoms with Crippen molar-refractivity contribution in [3.63, 3.8) is 0 Å². The largest absolute Gasteiger partial charge is 0.368 e. The Hall–Kier alpha value is -1.08. The van der Waals surface area contributed by atoms with Gasteiger partial charge in [0.25, 0.3) is 0 Å². The number of hydrogen-bond donors (Lipinski definition) is 1. The lowest BCUT2D eigenvalue weighted by Gasteiger charge is -2.37. The maximum absolute atomic E-state index is 13.0. The number of carbonyl (C=O) groups excluding carboxylic acids is 1. The van der Waals surface area contributed by atoms with Crippen LogP contribution in [0.3, 0.4) is 0 Å². The molecule has 2 aliphatic heterocycles. The second-order valence-electron chi connectivity index (χ2n) is 6.68. The van der Waals surface area contributed by atoms with Crippen molar-refractivity contribution in [3.8, 4) is 0 Å². The lowest BCUT2D eigenvalue weighted by atomic mass is 10.2. The monoisotopic (exact) mass is 406 g/mol. The molecular formula is C18H29Cl2FN4O. The summed E-state index contributed by atoms with van der Waals surface area (Å²) in [4.78, 5) is 19.0. The molecule has 3 rings (SSSR count). The first-order valence-electron chi connectivity index (χ1n) is 8.86. The maximum atomic E-state index is 13.0. The number of rotatable bonds is 4. The molecule has 1 aromatic carbocycles. The number of benzene rings is 1. The molecule has 0 aromatic heterocycles. The first-order chi connectivity index (χ1) is 11.6. The number of carbonyl (C=O) groups is 1. The molecule has 0 radical (unpaired) electrons. The number of anilines is 1. The number of nitrogens with zero attached hydrogens (tertiary/aromatic N) is 3. The Kier molecular flexibility index (Phi) is 9.64. The molecule has 0 bridgehead atoms. The third-order valence-electron chi connectivity index (χ3n) is 5.08. The average Bonchev–Trinajstić information content (AvgIpc) is 2.62. The summed E-state index contributed by atoms with van der Waals surface area (Å²) in [5.41, 5.74) is 1.03. The van der Waals surface area contributed by atoms with Gasteiger partial charge in [-0.05, 0) is 31.2 Å². The fourth-order valence-electron chi connectivity index (χ4n) is 3.48. The fraction of sp³-hybridized carbons (Fsp3) is 0.611. The van der Waals surface area contributed by atoms with Crippen molar-refractivity contribution in [3.05, 3.63) is 30.1 Å². The van der Waals surface area contributed by atoms with Crippen LogP contribution < -0.4 is 10.2 Å². The summed E-state index contributed by atoms with van der Waals surface area (Å²) >= 11 is 0. The van der Waals surface area contributed by atoms with E-state index < -0.39 is 0 Å². The molecule has 0 saturated carbocycles. The summed E-state index contributed by atoms with van der Waals surface area (Å²) in [6.45, 7) is 9.19. The van der Waals surface area contributed by atoms with Gasteiger partial charge in [0.2, 0.25) is 5.91 Å². The van der Waals surface area contributed by atoms with Crippen LogP contribution in [-0.4, -0.2) is 74.1 Å². The second kappa shape index (κ2) is 10.9. The third kappa shape index (κ3) is 5.98. The van der Waals surface area contributed by atoms with Gasteiger partial charge in [-0.3, -0.25) is 9.69 Å². The molecule has 0 unspecified atom stereocenters. The van der Waals surface area contributed by atoms with Gasteiger partial charge in [-0.2, -0.15) is 0 Å². The van der Waals surface area contributed by atoms with E-state index >= 15 is 0 Å². The van der Waals surface area contributed by atoms with Crippen LogP contribution in [0.25, 0.3) is 0 Å². The van der Waals surface area contributed by atoms with Crippen molar-refractivity contribution in [1.82, 2.24) is 15.1 Å². The Bertz CT molecular complexity index is 553. The predicted molar refractivity (Wildman–Crippen MR) is 108 cm³/mol. The van der Waals surface area contributed by atoms with E-state index in [0.717, 1.165) is 58.0 Å². The summed E-state index contributed by atoms with van der Waals surface area (Å²) in [6, 6.07) is 7.09. The Morgan fingerprint density at radius 1 is 1.12 bits per heavy atom. The SMILES string of the molecule is C[C@@H]1CNCCN1CCC(=O)N1CCN(c2ccc(F)cc2)CC1.Cl.Cl. The molecule has 2 heterocycles. The Balaban J connectivity index is 0.00000169. The van der Waals surface area contributed by atoms with Crippen LogP contribution in [0.15, 0.2) is 24.3 Å². The molecule has 148 valence electrons. The summed E-state index contributed by atoms with van der Waals surface area (Å²) in [5, 5.41) is 3.37. The van der Waals surface area contributed by atoms with Crippen molar-refractivity contribution in [2.45, 2.75) is 19.4 Å². The van der Waals surface area contributed by atoms with Gasteiger partial charge >= 0.3 is 0 Å². The van der Waals surface area contributed by atoms with E-state index in [1.807, 2.05) is 4.90 Å². The van der Waals surface area contributed by atoms with E-state index in [2.05, 4.69) is 22.0 Å². The fourth-order valence-corrected chi connectivity index (χ4v) is 3.48. The highest BCUT2D eigenvalue weighted by Gasteiger charge is 2.23. The van der Waals surface area contributed by atoms with Crippen molar-refractivity contribution in [2.24, 2.45) is 0 Å². The van der Waals surface area contributed by atoms with Gasteiger partial charge in [0.15, 0.2) is 0 Å². The minimum Gasteiger partial charge on any atom is -0.368 e. The topological polar surface area (TPSA) is 38.8 Å². The van der Waals surface area contributed by atoms with Gasteiger partial charge in [-0.25, -0.2) is 4.39 Å². The number of nitrogens with one attached hydrogen (secondary N) is 1. The quantitative estimate of drug-likeness (QED) is 0.829. The highest BCUT2D eigenvalue weighted by molar-refractivity contribution is 5.85. The lowest BCUT2D eigenvalue weighted by Crippen LogP contribution is -2.52. The predicted octanol–water partition coefficient (Wildman–Crippen LogP) is 2.00. The maximum Gasteiger partial charge on any atom is 0.223 e. The normalized spacial score (nSPS) is 20.9. The summed E-state index contributed by atoms with van der Waals surface area (Å²) in [7, 11) is 0. The van der Waals surface area contributed by atoms with Crippen molar-refractivity contribution >= 4 is 36.4 Å². The molecule has 2 aliphatic rings. The number of amides is 1. The molecule has 1 atom stereocenters. The van der Waals surface area contributed by atoms with E-state index in [9.17, 15) is 9.18 Å². The number of halogens is 3. The van der Waals surface area contributed by atoms with Gasteiger partial charge in [0.1, 0.15) is 5.82 Å². The summed E-state index contributed by atoms with van der Waals surface area (Å²) in [5.74, 6) is 0.0363. The molecule has 0 spiro atoms. The molecular weight excluding hydrogens is 378 g/mol. The molecule has 1 aromatic rings. The molecule has 2 saturated heterocycles. The van der Waals surface area contributed by atoms with Gasteiger partial charge < -0.3 is 15.1 Å². The molecule has 1 N–H and O–H groups in total. The Morgan fingerprint density at radius 3 is 2.38 bits per heavy atom.